The number of carbonyl (C=O) groups is 2. The van der Waals surface area contributed by atoms with Crippen molar-refractivity contribution in [1.82, 2.24) is 19.7 Å². The zero-order valence-electron chi connectivity index (χ0n) is 25.3. The van der Waals surface area contributed by atoms with Gasteiger partial charge in [-0.15, -0.1) is 0 Å². The second-order valence-electron chi connectivity index (χ2n) is 12.5. The van der Waals surface area contributed by atoms with Crippen LogP contribution in [0.3, 0.4) is 0 Å². The number of fused-ring (bicyclic) bond motifs is 1. The van der Waals surface area contributed by atoms with Crippen LogP contribution in [0.2, 0.25) is 0 Å². The van der Waals surface area contributed by atoms with E-state index in [1.54, 1.807) is 0 Å². The van der Waals surface area contributed by atoms with Gasteiger partial charge in [0.25, 0.3) is 5.91 Å². The normalized spacial score (nSPS) is 17.9. The van der Waals surface area contributed by atoms with Crippen LogP contribution in [-0.2, 0) is 17.6 Å². The molecule has 3 heterocycles. The Bertz CT molecular complexity index is 1520. The molecular formula is C38H40N4O2. The number of amides is 2. The molecule has 7 rings (SSSR count). The summed E-state index contributed by atoms with van der Waals surface area (Å²) in [5.74, 6) is 0.825. The van der Waals surface area contributed by atoms with Crippen LogP contribution >= 0.6 is 0 Å². The highest BCUT2D eigenvalue weighted by atomic mass is 16.2. The number of piperidine rings is 1. The van der Waals surface area contributed by atoms with Crippen LogP contribution in [0.1, 0.15) is 40.7 Å². The van der Waals surface area contributed by atoms with Crippen LogP contribution < -0.4 is 0 Å². The lowest BCUT2D eigenvalue weighted by Gasteiger charge is -2.43. The van der Waals surface area contributed by atoms with E-state index in [1.807, 2.05) is 77.7 Å². The van der Waals surface area contributed by atoms with Crippen LogP contribution in [0.5, 0.6) is 0 Å². The maximum Gasteiger partial charge on any atom is 0.254 e. The highest BCUT2D eigenvalue weighted by molar-refractivity contribution is 5.96. The average Bonchev–Trinajstić information content (AvgIpc) is 3.51. The molecule has 6 nitrogen and oxygen atoms in total. The largest absolute Gasteiger partial charge is 0.343 e. The number of pyridine rings is 1. The number of rotatable bonds is 6. The molecule has 1 aromatic heterocycles. The molecule has 0 atom stereocenters. The molecule has 3 aromatic carbocycles. The minimum Gasteiger partial charge on any atom is -0.343 e. The predicted octanol–water partition coefficient (Wildman–Crippen LogP) is 5.97. The zero-order valence-corrected chi connectivity index (χ0v) is 25.3. The van der Waals surface area contributed by atoms with Crippen molar-refractivity contribution in [3.63, 3.8) is 0 Å². The first kappa shape index (κ1) is 28.5. The number of benzene rings is 3. The van der Waals surface area contributed by atoms with E-state index in [2.05, 4.69) is 34.1 Å². The first-order valence-corrected chi connectivity index (χ1v) is 16.1. The molecule has 44 heavy (non-hydrogen) atoms. The van der Waals surface area contributed by atoms with Crippen molar-refractivity contribution < 1.29 is 9.59 Å². The van der Waals surface area contributed by atoms with Crippen molar-refractivity contribution in [2.75, 3.05) is 39.3 Å². The van der Waals surface area contributed by atoms with E-state index in [4.69, 9.17) is 4.98 Å². The quantitative estimate of drug-likeness (QED) is 0.280. The Hall–Kier alpha value is -4.29. The number of piperazine rings is 1. The Morgan fingerprint density at radius 2 is 1.16 bits per heavy atom. The molecule has 6 heteroatoms. The van der Waals surface area contributed by atoms with E-state index >= 15 is 0 Å². The lowest BCUT2D eigenvalue weighted by atomic mass is 9.98. The molecule has 2 fully saturated rings. The predicted molar refractivity (Wildman–Crippen MR) is 174 cm³/mol. The van der Waals surface area contributed by atoms with Crippen LogP contribution in [0.25, 0.3) is 22.5 Å². The fraction of sp³-hybridized carbons (Fsp3) is 0.342. The van der Waals surface area contributed by atoms with Crippen molar-refractivity contribution in [2.24, 2.45) is 5.92 Å². The molecule has 2 aliphatic heterocycles. The van der Waals surface area contributed by atoms with Crippen molar-refractivity contribution in [3.8, 4) is 22.5 Å². The van der Waals surface area contributed by atoms with E-state index in [0.717, 1.165) is 74.4 Å². The summed E-state index contributed by atoms with van der Waals surface area (Å²) in [6, 6.07) is 33.1. The SMILES string of the molecule is O=C(CC1Cc2ccccc2C1)N1CCC(N2CCN(C(=O)c3cc(-c4ccccc4)nc(-c4ccccc4)c3)CC2)CC1. The van der Waals surface area contributed by atoms with Crippen molar-refractivity contribution >= 4 is 11.8 Å². The van der Waals surface area contributed by atoms with Gasteiger partial charge in [-0.1, -0.05) is 84.9 Å². The highest BCUT2D eigenvalue weighted by Gasteiger charge is 2.32. The number of hydrogen-bond donors (Lipinski definition) is 0. The van der Waals surface area contributed by atoms with Crippen LogP contribution in [-0.4, -0.2) is 76.8 Å². The fourth-order valence-corrected chi connectivity index (χ4v) is 7.29. The third-order valence-corrected chi connectivity index (χ3v) is 9.75. The summed E-state index contributed by atoms with van der Waals surface area (Å²) in [6.45, 7) is 4.83. The molecule has 1 aliphatic carbocycles. The highest BCUT2D eigenvalue weighted by Crippen LogP contribution is 2.30. The number of likely N-dealkylation sites (tertiary alicyclic amines) is 1. The standard InChI is InChI=1S/C38H40N4O2/c43-37(25-28-23-31-13-7-8-14-32(31)24-28)41-17-15-34(16-18-41)40-19-21-42(22-20-40)38(44)33-26-35(29-9-3-1-4-10-29)39-36(27-33)30-11-5-2-6-12-30/h1-14,26-28,34H,15-25H2. The van der Waals surface area contributed by atoms with Gasteiger partial charge in [0.1, 0.15) is 0 Å². The molecule has 4 aromatic rings. The van der Waals surface area contributed by atoms with Gasteiger partial charge in [0.15, 0.2) is 0 Å². The van der Waals surface area contributed by atoms with Gasteiger partial charge in [-0.2, -0.15) is 0 Å². The Morgan fingerprint density at radius 1 is 0.636 bits per heavy atom. The maximum absolute atomic E-state index is 13.8. The van der Waals surface area contributed by atoms with Gasteiger partial charge >= 0.3 is 0 Å². The zero-order chi connectivity index (χ0) is 29.9. The number of nitrogens with zero attached hydrogens (tertiary/aromatic N) is 4. The van der Waals surface area contributed by atoms with E-state index in [1.165, 1.54) is 11.1 Å². The van der Waals surface area contributed by atoms with Gasteiger partial charge in [-0.25, -0.2) is 4.98 Å². The first-order chi connectivity index (χ1) is 21.6. The van der Waals surface area contributed by atoms with Crippen LogP contribution in [0.4, 0.5) is 0 Å². The molecule has 3 aliphatic rings. The summed E-state index contributed by atoms with van der Waals surface area (Å²) in [4.78, 5) is 38.5. The minimum atomic E-state index is 0.0656. The summed E-state index contributed by atoms with van der Waals surface area (Å²) < 4.78 is 0. The maximum atomic E-state index is 13.8. The molecular weight excluding hydrogens is 544 g/mol. The van der Waals surface area contributed by atoms with E-state index in [9.17, 15) is 9.59 Å². The molecule has 0 N–H and O–H groups in total. The summed E-state index contributed by atoms with van der Waals surface area (Å²) in [7, 11) is 0. The van der Waals surface area contributed by atoms with Crippen molar-refractivity contribution in [3.05, 3.63) is 114 Å². The third kappa shape index (κ3) is 6.18. The topological polar surface area (TPSA) is 56.8 Å². The van der Waals surface area contributed by atoms with Gasteiger partial charge in [0, 0.05) is 68.4 Å². The molecule has 0 spiro atoms. The number of carbonyl (C=O) groups excluding carboxylic acids is 2. The summed E-state index contributed by atoms with van der Waals surface area (Å²) >= 11 is 0. The smallest absolute Gasteiger partial charge is 0.254 e. The number of hydrogen-bond acceptors (Lipinski definition) is 4. The van der Waals surface area contributed by atoms with Crippen LogP contribution in [0.15, 0.2) is 97.1 Å². The van der Waals surface area contributed by atoms with Gasteiger partial charge in [-0.3, -0.25) is 14.5 Å². The van der Waals surface area contributed by atoms with Crippen molar-refractivity contribution in [2.45, 2.75) is 38.1 Å². The van der Waals surface area contributed by atoms with Crippen molar-refractivity contribution in [1.29, 1.82) is 0 Å². The Balaban J connectivity index is 0.946. The Labute approximate surface area is 260 Å². The molecule has 0 unspecified atom stereocenters. The molecule has 224 valence electrons. The average molecular weight is 585 g/mol. The fourth-order valence-electron chi connectivity index (χ4n) is 7.29. The minimum absolute atomic E-state index is 0.0656. The van der Waals surface area contributed by atoms with Gasteiger partial charge in [0.2, 0.25) is 5.91 Å². The van der Waals surface area contributed by atoms with Gasteiger partial charge in [0.05, 0.1) is 11.4 Å². The lowest BCUT2D eigenvalue weighted by molar-refractivity contribution is -0.133. The monoisotopic (exact) mass is 584 g/mol. The molecule has 0 bridgehead atoms. The summed E-state index contributed by atoms with van der Waals surface area (Å²) in [5.41, 5.74) is 7.14. The lowest BCUT2D eigenvalue weighted by Crippen LogP contribution is -2.54. The molecule has 0 saturated carbocycles. The molecule has 2 saturated heterocycles. The Morgan fingerprint density at radius 3 is 1.70 bits per heavy atom. The van der Waals surface area contributed by atoms with Gasteiger partial charge in [-0.05, 0) is 54.9 Å². The second-order valence-corrected chi connectivity index (χ2v) is 12.5. The summed E-state index contributed by atoms with van der Waals surface area (Å²) in [5, 5.41) is 0. The molecule has 0 radical (unpaired) electrons. The Kier molecular flexibility index (Phi) is 8.25. The van der Waals surface area contributed by atoms with E-state index in [0.29, 0.717) is 42.9 Å². The van der Waals surface area contributed by atoms with E-state index in [-0.39, 0.29) is 5.91 Å². The van der Waals surface area contributed by atoms with Gasteiger partial charge < -0.3 is 9.80 Å². The van der Waals surface area contributed by atoms with Crippen LogP contribution in [0, 0.1) is 5.92 Å². The van der Waals surface area contributed by atoms with E-state index < -0.39 is 0 Å². The first-order valence-electron chi connectivity index (χ1n) is 16.1. The number of aromatic nitrogens is 1. The molecule has 2 amide bonds. The second kappa shape index (κ2) is 12.7. The summed E-state index contributed by atoms with van der Waals surface area (Å²) in [6.07, 6.45) is 4.74. The third-order valence-electron chi connectivity index (χ3n) is 9.75.